The fourth-order valence-corrected chi connectivity index (χ4v) is 2.32. The Kier molecular flexibility index (Phi) is 4.77. The molecule has 0 radical (unpaired) electrons. The molecular weight excluding hydrogens is 252 g/mol. The first-order valence-electron chi connectivity index (χ1n) is 6.62. The number of carboxylic acid groups (broad SMARTS) is 1. The van der Waals surface area contributed by atoms with Crippen LogP contribution in [-0.4, -0.2) is 18.2 Å². The molecule has 0 saturated carbocycles. The average molecular weight is 270 g/mol. The number of carboxylic acids is 1. The van der Waals surface area contributed by atoms with Crippen molar-refractivity contribution >= 4 is 5.97 Å². The number of benzene rings is 2. The van der Waals surface area contributed by atoms with Gasteiger partial charge in [-0.1, -0.05) is 48.5 Å². The van der Waals surface area contributed by atoms with Gasteiger partial charge in [-0.15, -0.1) is 0 Å². The molecule has 3 heteroatoms. The standard InChI is InChI=1S/C17H18O3/c1-20-16-10-6-5-9-14(16)15(17(18)19)12-11-13-7-3-2-4-8-13/h2-10,15H,11-12H2,1H3,(H,18,19). The molecule has 2 aromatic carbocycles. The van der Waals surface area contributed by atoms with E-state index in [4.69, 9.17) is 4.74 Å². The first kappa shape index (κ1) is 14.1. The van der Waals surface area contributed by atoms with Crippen LogP contribution >= 0.6 is 0 Å². The van der Waals surface area contributed by atoms with Gasteiger partial charge in [0.2, 0.25) is 0 Å². The van der Waals surface area contributed by atoms with Gasteiger partial charge in [0.05, 0.1) is 13.0 Å². The number of ether oxygens (including phenoxy) is 1. The predicted octanol–water partition coefficient (Wildman–Crippen LogP) is 3.50. The lowest BCUT2D eigenvalue weighted by atomic mass is 9.92. The van der Waals surface area contributed by atoms with Crippen LogP contribution in [0.15, 0.2) is 54.6 Å². The highest BCUT2D eigenvalue weighted by Crippen LogP contribution is 2.30. The molecule has 1 N–H and O–H groups in total. The lowest BCUT2D eigenvalue weighted by Gasteiger charge is -2.16. The molecule has 0 aromatic heterocycles. The van der Waals surface area contributed by atoms with Crippen molar-refractivity contribution in [2.45, 2.75) is 18.8 Å². The highest BCUT2D eigenvalue weighted by Gasteiger charge is 2.22. The number of carbonyl (C=O) groups is 1. The molecule has 3 nitrogen and oxygen atoms in total. The molecule has 2 aromatic rings. The zero-order chi connectivity index (χ0) is 14.4. The average Bonchev–Trinajstić information content (AvgIpc) is 2.48. The van der Waals surface area contributed by atoms with Gasteiger partial charge >= 0.3 is 5.97 Å². The first-order valence-corrected chi connectivity index (χ1v) is 6.62. The first-order chi connectivity index (χ1) is 9.72. The molecule has 0 aliphatic carbocycles. The van der Waals surface area contributed by atoms with Gasteiger partial charge in [-0.3, -0.25) is 4.79 Å². The second-order valence-electron chi connectivity index (χ2n) is 4.66. The van der Waals surface area contributed by atoms with E-state index in [1.807, 2.05) is 48.5 Å². The number of hydrogen-bond donors (Lipinski definition) is 1. The Hall–Kier alpha value is -2.29. The van der Waals surface area contributed by atoms with Crippen molar-refractivity contribution in [3.8, 4) is 5.75 Å². The fourth-order valence-electron chi connectivity index (χ4n) is 2.32. The van der Waals surface area contributed by atoms with Crippen LogP contribution in [0.25, 0.3) is 0 Å². The number of para-hydroxylation sites is 1. The monoisotopic (exact) mass is 270 g/mol. The largest absolute Gasteiger partial charge is 0.496 e. The summed E-state index contributed by atoms with van der Waals surface area (Å²) in [4.78, 5) is 11.5. The Balaban J connectivity index is 2.17. The van der Waals surface area contributed by atoms with Crippen LogP contribution < -0.4 is 4.74 Å². The van der Waals surface area contributed by atoms with E-state index in [-0.39, 0.29) is 0 Å². The Morgan fingerprint density at radius 2 is 1.75 bits per heavy atom. The van der Waals surface area contributed by atoms with Crippen molar-refractivity contribution in [2.24, 2.45) is 0 Å². The summed E-state index contributed by atoms with van der Waals surface area (Å²) in [5, 5.41) is 9.47. The summed E-state index contributed by atoms with van der Waals surface area (Å²) in [6, 6.07) is 17.2. The SMILES string of the molecule is COc1ccccc1C(CCc1ccccc1)C(=O)O. The molecule has 0 aliphatic heterocycles. The molecule has 20 heavy (non-hydrogen) atoms. The normalized spacial score (nSPS) is 11.8. The molecule has 104 valence electrons. The van der Waals surface area contributed by atoms with E-state index >= 15 is 0 Å². The topological polar surface area (TPSA) is 46.5 Å². The zero-order valence-electron chi connectivity index (χ0n) is 11.5. The van der Waals surface area contributed by atoms with Crippen LogP contribution in [-0.2, 0) is 11.2 Å². The minimum Gasteiger partial charge on any atom is -0.496 e. The number of rotatable bonds is 6. The highest BCUT2D eigenvalue weighted by molar-refractivity contribution is 5.77. The van der Waals surface area contributed by atoms with Gasteiger partial charge in [0.25, 0.3) is 0 Å². The predicted molar refractivity (Wildman–Crippen MR) is 78.1 cm³/mol. The smallest absolute Gasteiger partial charge is 0.311 e. The minimum absolute atomic E-state index is 0.550. The van der Waals surface area contributed by atoms with Gasteiger partial charge in [-0.25, -0.2) is 0 Å². The second-order valence-corrected chi connectivity index (χ2v) is 4.66. The van der Waals surface area contributed by atoms with E-state index in [0.717, 1.165) is 17.5 Å². The molecule has 0 heterocycles. The number of methoxy groups -OCH3 is 1. The van der Waals surface area contributed by atoms with E-state index in [0.29, 0.717) is 12.2 Å². The van der Waals surface area contributed by atoms with Gasteiger partial charge in [0.15, 0.2) is 0 Å². The van der Waals surface area contributed by atoms with Crippen molar-refractivity contribution in [1.82, 2.24) is 0 Å². The van der Waals surface area contributed by atoms with Gasteiger partial charge in [-0.2, -0.15) is 0 Å². The Bertz CT molecular complexity index is 563. The zero-order valence-corrected chi connectivity index (χ0v) is 11.5. The van der Waals surface area contributed by atoms with Gasteiger partial charge in [0, 0.05) is 5.56 Å². The Morgan fingerprint density at radius 3 is 2.40 bits per heavy atom. The van der Waals surface area contributed by atoms with Crippen LogP contribution in [0.4, 0.5) is 0 Å². The summed E-state index contributed by atoms with van der Waals surface area (Å²) in [7, 11) is 1.56. The lowest BCUT2D eigenvalue weighted by molar-refractivity contribution is -0.139. The molecule has 0 aliphatic rings. The molecule has 2 rings (SSSR count). The highest BCUT2D eigenvalue weighted by atomic mass is 16.5. The van der Waals surface area contributed by atoms with Gasteiger partial charge < -0.3 is 9.84 Å². The third-order valence-corrected chi connectivity index (χ3v) is 3.38. The van der Waals surface area contributed by atoms with E-state index in [2.05, 4.69) is 0 Å². The fraction of sp³-hybridized carbons (Fsp3) is 0.235. The van der Waals surface area contributed by atoms with Crippen LogP contribution in [0, 0.1) is 0 Å². The lowest BCUT2D eigenvalue weighted by Crippen LogP contribution is -2.13. The number of aryl methyl sites for hydroxylation is 1. The van der Waals surface area contributed by atoms with Gasteiger partial charge in [-0.05, 0) is 24.5 Å². The Labute approximate surface area is 118 Å². The maximum absolute atomic E-state index is 11.5. The molecule has 0 amide bonds. The van der Waals surface area contributed by atoms with Crippen molar-refractivity contribution in [1.29, 1.82) is 0 Å². The molecule has 0 saturated heterocycles. The molecule has 1 unspecified atom stereocenters. The summed E-state index contributed by atoms with van der Waals surface area (Å²) in [5.41, 5.74) is 1.88. The molecular formula is C17H18O3. The summed E-state index contributed by atoms with van der Waals surface area (Å²) in [5.74, 6) is -0.732. The summed E-state index contributed by atoms with van der Waals surface area (Å²) >= 11 is 0. The van der Waals surface area contributed by atoms with Crippen LogP contribution in [0.3, 0.4) is 0 Å². The molecule has 0 bridgehead atoms. The van der Waals surface area contributed by atoms with Crippen molar-refractivity contribution < 1.29 is 14.6 Å². The van der Waals surface area contributed by atoms with E-state index in [1.54, 1.807) is 13.2 Å². The second kappa shape index (κ2) is 6.75. The maximum atomic E-state index is 11.5. The third kappa shape index (κ3) is 3.38. The van der Waals surface area contributed by atoms with Crippen molar-refractivity contribution in [3.63, 3.8) is 0 Å². The summed E-state index contributed by atoms with van der Waals surface area (Å²) < 4.78 is 5.27. The van der Waals surface area contributed by atoms with Gasteiger partial charge in [0.1, 0.15) is 5.75 Å². The Morgan fingerprint density at radius 1 is 1.10 bits per heavy atom. The van der Waals surface area contributed by atoms with Crippen LogP contribution in [0.1, 0.15) is 23.5 Å². The van der Waals surface area contributed by atoms with E-state index < -0.39 is 11.9 Å². The molecule has 1 atom stereocenters. The van der Waals surface area contributed by atoms with E-state index in [9.17, 15) is 9.90 Å². The van der Waals surface area contributed by atoms with E-state index in [1.165, 1.54) is 0 Å². The third-order valence-electron chi connectivity index (χ3n) is 3.38. The maximum Gasteiger partial charge on any atom is 0.311 e. The minimum atomic E-state index is -0.814. The van der Waals surface area contributed by atoms with Crippen LogP contribution in [0.5, 0.6) is 5.75 Å². The molecule has 0 spiro atoms. The number of hydrogen-bond acceptors (Lipinski definition) is 2. The molecule has 0 fully saturated rings. The summed E-state index contributed by atoms with van der Waals surface area (Å²) in [6.45, 7) is 0. The van der Waals surface area contributed by atoms with Crippen molar-refractivity contribution in [3.05, 3.63) is 65.7 Å². The van der Waals surface area contributed by atoms with Crippen molar-refractivity contribution in [2.75, 3.05) is 7.11 Å². The van der Waals surface area contributed by atoms with Crippen LogP contribution in [0.2, 0.25) is 0 Å². The number of aliphatic carboxylic acids is 1. The summed E-state index contributed by atoms with van der Waals surface area (Å²) in [6.07, 6.45) is 1.29. The quantitative estimate of drug-likeness (QED) is 0.874.